The van der Waals surface area contributed by atoms with Crippen LogP contribution in [0.1, 0.15) is 17.4 Å². The second-order valence-electron chi connectivity index (χ2n) is 6.06. The highest BCUT2D eigenvalue weighted by Gasteiger charge is 2.27. The Labute approximate surface area is 150 Å². The molecule has 5 heteroatoms. The summed E-state index contributed by atoms with van der Waals surface area (Å²) in [5, 5.41) is 13.9. The Morgan fingerprint density at radius 1 is 1.04 bits per heavy atom. The van der Waals surface area contributed by atoms with Gasteiger partial charge in [0.15, 0.2) is 0 Å². The topological polar surface area (TPSA) is 78.3 Å². The smallest absolute Gasteiger partial charge is 0.325 e. The first-order chi connectivity index (χ1) is 12.7. The summed E-state index contributed by atoms with van der Waals surface area (Å²) in [6, 6.07) is 20.2. The molecule has 2 aromatic carbocycles. The molecule has 2 aromatic heterocycles. The van der Waals surface area contributed by atoms with Crippen LogP contribution in [0.2, 0.25) is 0 Å². The van der Waals surface area contributed by atoms with Crippen LogP contribution in [0.25, 0.3) is 22.2 Å². The van der Waals surface area contributed by atoms with E-state index in [1.54, 1.807) is 12.3 Å². The number of H-pyrrole nitrogens is 1. The molecule has 2 heterocycles. The Bertz CT molecular complexity index is 1020. The van der Waals surface area contributed by atoms with Gasteiger partial charge in [0.1, 0.15) is 11.8 Å². The van der Waals surface area contributed by atoms with Gasteiger partial charge in [-0.25, -0.2) is 0 Å². The summed E-state index contributed by atoms with van der Waals surface area (Å²) < 4.78 is 5.32. The van der Waals surface area contributed by atoms with E-state index in [1.165, 1.54) is 0 Å². The van der Waals surface area contributed by atoms with Crippen molar-refractivity contribution < 1.29 is 14.3 Å². The molecule has 0 fully saturated rings. The normalized spacial score (nSPS) is 12.3. The number of rotatable bonds is 6. The van der Waals surface area contributed by atoms with Crippen molar-refractivity contribution in [3.63, 3.8) is 0 Å². The summed E-state index contributed by atoms with van der Waals surface area (Å²) in [5.74, 6) is -0.240. The van der Waals surface area contributed by atoms with Crippen LogP contribution < -0.4 is 5.32 Å². The lowest BCUT2D eigenvalue weighted by atomic mass is 9.98. The fourth-order valence-corrected chi connectivity index (χ4v) is 3.22. The Kier molecular flexibility index (Phi) is 4.29. The predicted octanol–water partition coefficient (Wildman–Crippen LogP) is 4.34. The monoisotopic (exact) mass is 346 g/mol. The molecule has 26 heavy (non-hydrogen) atoms. The SMILES string of the molecule is O=C(O)[C@@H](NCc1ccco1)c1c(-c2ccccc2)[nH]c2ccccc12. The lowest BCUT2D eigenvalue weighted by Gasteiger charge is -2.16. The molecule has 0 saturated carbocycles. The van der Waals surface area contributed by atoms with Crippen LogP contribution in [-0.4, -0.2) is 16.1 Å². The molecular weight excluding hydrogens is 328 g/mol. The summed E-state index contributed by atoms with van der Waals surface area (Å²) in [6.07, 6.45) is 1.58. The number of carboxylic acids is 1. The number of furan rings is 1. The number of benzene rings is 2. The van der Waals surface area contributed by atoms with Gasteiger partial charge in [0.05, 0.1) is 18.5 Å². The number of carbonyl (C=O) groups is 1. The van der Waals surface area contributed by atoms with E-state index in [-0.39, 0.29) is 0 Å². The third kappa shape index (κ3) is 3.00. The number of hydrogen-bond acceptors (Lipinski definition) is 3. The summed E-state index contributed by atoms with van der Waals surface area (Å²) >= 11 is 0. The van der Waals surface area contributed by atoms with Gasteiger partial charge in [0.25, 0.3) is 0 Å². The molecule has 130 valence electrons. The molecule has 0 radical (unpaired) electrons. The molecular formula is C21H18N2O3. The van der Waals surface area contributed by atoms with Gasteiger partial charge in [-0.2, -0.15) is 0 Å². The maximum atomic E-state index is 12.1. The third-order valence-corrected chi connectivity index (χ3v) is 4.40. The molecule has 0 aliphatic heterocycles. The first-order valence-electron chi connectivity index (χ1n) is 8.38. The maximum absolute atomic E-state index is 12.1. The van der Waals surface area contributed by atoms with E-state index in [1.807, 2.05) is 60.7 Å². The molecule has 5 nitrogen and oxygen atoms in total. The molecule has 0 bridgehead atoms. The van der Waals surface area contributed by atoms with E-state index in [9.17, 15) is 9.90 Å². The number of nitrogens with one attached hydrogen (secondary N) is 2. The Balaban J connectivity index is 1.82. The van der Waals surface area contributed by atoms with E-state index in [0.717, 1.165) is 27.7 Å². The highest BCUT2D eigenvalue weighted by Crippen LogP contribution is 2.35. The average Bonchev–Trinajstić information content (AvgIpc) is 3.31. The second kappa shape index (κ2) is 6.90. The van der Waals surface area contributed by atoms with Crippen molar-refractivity contribution in [1.29, 1.82) is 0 Å². The summed E-state index contributed by atoms with van der Waals surface area (Å²) in [5.41, 5.74) is 3.40. The zero-order valence-corrected chi connectivity index (χ0v) is 14.0. The van der Waals surface area contributed by atoms with Crippen LogP contribution in [0, 0.1) is 0 Å². The van der Waals surface area contributed by atoms with Crippen molar-refractivity contribution in [2.24, 2.45) is 0 Å². The number of aliphatic carboxylic acids is 1. The minimum Gasteiger partial charge on any atom is -0.480 e. The van der Waals surface area contributed by atoms with Crippen molar-refractivity contribution in [2.75, 3.05) is 0 Å². The van der Waals surface area contributed by atoms with Gasteiger partial charge < -0.3 is 14.5 Å². The molecule has 3 N–H and O–H groups in total. The lowest BCUT2D eigenvalue weighted by molar-refractivity contribution is -0.139. The van der Waals surface area contributed by atoms with Crippen LogP contribution in [0.5, 0.6) is 0 Å². The van der Waals surface area contributed by atoms with Crippen LogP contribution >= 0.6 is 0 Å². The molecule has 4 aromatic rings. The molecule has 0 unspecified atom stereocenters. The first kappa shape index (κ1) is 16.2. The number of aromatic amines is 1. The number of carboxylic acid groups (broad SMARTS) is 1. The Hall–Kier alpha value is -3.31. The quantitative estimate of drug-likeness (QED) is 0.485. The van der Waals surface area contributed by atoms with Gasteiger partial charge >= 0.3 is 5.97 Å². The van der Waals surface area contributed by atoms with Gasteiger partial charge in [-0.1, -0.05) is 48.5 Å². The van der Waals surface area contributed by atoms with E-state index in [2.05, 4.69) is 10.3 Å². The molecule has 4 rings (SSSR count). The Morgan fingerprint density at radius 2 is 1.81 bits per heavy atom. The van der Waals surface area contributed by atoms with Crippen LogP contribution in [0.15, 0.2) is 77.4 Å². The van der Waals surface area contributed by atoms with Gasteiger partial charge in [-0.3, -0.25) is 10.1 Å². The first-order valence-corrected chi connectivity index (χ1v) is 8.38. The van der Waals surface area contributed by atoms with Crippen LogP contribution in [0.4, 0.5) is 0 Å². The van der Waals surface area contributed by atoms with Crippen molar-refractivity contribution in [3.05, 3.63) is 84.3 Å². The standard InChI is InChI=1S/C21H18N2O3/c24-21(25)20(22-13-15-9-6-12-26-15)18-16-10-4-5-11-17(16)23-19(18)14-7-2-1-3-8-14/h1-12,20,22-23H,13H2,(H,24,25)/t20-/m0/s1. The van der Waals surface area contributed by atoms with E-state index >= 15 is 0 Å². The largest absolute Gasteiger partial charge is 0.480 e. The number of hydrogen-bond donors (Lipinski definition) is 3. The van der Waals surface area contributed by atoms with E-state index < -0.39 is 12.0 Å². The van der Waals surface area contributed by atoms with Crippen LogP contribution in [0.3, 0.4) is 0 Å². The highest BCUT2D eigenvalue weighted by atomic mass is 16.4. The number of para-hydroxylation sites is 1. The van der Waals surface area contributed by atoms with Crippen molar-refractivity contribution in [2.45, 2.75) is 12.6 Å². The highest BCUT2D eigenvalue weighted by molar-refractivity contribution is 5.95. The predicted molar refractivity (Wildman–Crippen MR) is 99.7 cm³/mol. The van der Waals surface area contributed by atoms with Gasteiger partial charge in [-0.05, 0) is 23.8 Å². The summed E-state index contributed by atoms with van der Waals surface area (Å²) in [6.45, 7) is 0.331. The zero-order chi connectivity index (χ0) is 17.9. The third-order valence-electron chi connectivity index (χ3n) is 4.40. The lowest BCUT2D eigenvalue weighted by Crippen LogP contribution is -2.28. The molecule has 0 spiro atoms. The summed E-state index contributed by atoms with van der Waals surface area (Å²) in [7, 11) is 0. The minimum atomic E-state index is -0.932. The Morgan fingerprint density at radius 3 is 2.54 bits per heavy atom. The average molecular weight is 346 g/mol. The van der Waals surface area contributed by atoms with Crippen molar-refractivity contribution in [1.82, 2.24) is 10.3 Å². The zero-order valence-electron chi connectivity index (χ0n) is 14.0. The van der Waals surface area contributed by atoms with Gasteiger partial charge in [-0.15, -0.1) is 0 Å². The van der Waals surface area contributed by atoms with E-state index in [4.69, 9.17) is 4.42 Å². The van der Waals surface area contributed by atoms with Crippen LogP contribution in [-0.2, 0) is 11.3 Å². The fourth-order valence-electron chi connectivity index (χ4n) is 3.22. The van der Waals surface area contributed by atoms with Crippen molar-refractivity contribution >= 4 is 16.9 Å². The minimum absolute atomic E-state index is 0.331. The fraction of sp³-hybridized carbons (Fsp3) is 0.0952. The molecule has 0 aliphatic rings. The molecule has 0 saturated heterocycles. The molecule has 0 amide bonds. The molecule has 1 atom stereocenters. The number of aromatic nitrogens is 1. The van der Waals surface area contributed by atoms with Gasteiger partial charge in [0, 0.05) is 16.5 Å². The second-order valence-corrected chi connectivity index (χ2v) is 6.06. The van der Waals surface area contributed by atoms with Crippen molar-refractivity contribution in [3.8, 4) is 11.3 Å². The maximum Gasteiger partial charge on any atom is 0.325 e. The van der Waals surface area contributed by atoms with Gasteiger partial charge in [0.2, 0.25) is 0 Å². The molecule has 0 aliphatic carbocycles. The number of fused-ring (bicyclic) bond motifs is 1. The van der Waals surface area contributed by atoms with E-state index in [0.29, 0.717) is 12.3 Å². The summed E-state index contributed by atoms with van der Waals surface area (Å²) in [4.78, 5) is 15.5.